The maximum Gasteiger partial charge on any atom is 0.120 e. The first-order valence-electron chi connectivity index (χ1n) is 14.8. The van der Waals surface area contributed by atoms with Gasteiger partial charge in [0.2, 0.25) is 0 Å². The molecule has 0 bridgehead atoms. The molecule has 4 aliphatic rings. The molecule has 2 saturated carbocycles. The molecule has 1 N–H and O–H groups in total. The number of imidazole rings is 1. The predicted octanol–water partition coefficient (Wildman–Crippen LogP) is 5.55. The molecule has 198 valence electrons. The zero-order chi connectivity index (χ0) is 24.2. The van der Waals surface area contributed by atoms with Crippen molar-refractivity contribution in [2.24, 2.45) is 11.3 Å². The molecule has 6 nitrogen and oxygen atoms in total. The predicted molar refractivity (Wildman–Crippen MR) is 147 cm³/mol. The van der Waals surface area contributed by atoms with E-state index in [0.717, 1.165) is 30.9 Å². The summed E-state index contributed by atoms with van der Waals surface area (Å²) in [5, 5.41) is 3.32. The summed E-state index contributed by atoms with van der Waals surface area (Å²) in [7, 11) is 0. The normalized spacial score (nSPS) is 28.4. The second kappa shape index (κ2) is 11.6. The molecule has 0 atom stereocenters. The lowest BCUT2D eigenvalue weighted by molar-refractivity contribution is 0.0589. The minimum atomic E-state index is 0.635. The zero-order valence-corrected chi connectivity index (χ0v) is 22.9. The quantitative estimate of drug-likeness (QED) is 0.505. The smallest absolute Gasteiger partial charge is 0.120 e. The van der Waals surface area contributed by atoms with Gasteiger partial charge in [-0.05, 0) is 88.8 Å². The number of likely N-dealkylation sites (tertiary alicyclic amines) is 2. The van der Waals surface area contributed by atoms with E-state index < -0.39 is 0 Å². The fraction of sp³-hybridized carbons (Fsp3) is 0.793. The molecule has 2 aromatic heterocycles. The van der Waals surface area contributed by atoms with Gasteiger partial charge in [0.15, 0.2) is 0 Å². The molecule has 0 radical (unpaired) electrons. The molecular formula is C29H46N6S. The Morgan fingerprint density at radius 1 is 0.917 bits per heavy atom. The highest BCUT2D eigenvalue weighted by molar-refractivity contribution is 7.09. The minimum Gasteiger partial charge on any atom is -0.348 e. The van der Waals surface area contributed by atoms with Gasteiger partial charge in [0.25, 0.3) is 0 Å². The number of aromatic nitrogens is 3. The highest BCUT2D eigenvalue weighted by Crippen LogP contribution is 2.42. The van der Waals surface area contributed by atoms with Crippen LogP contribution in [0.25, 0.3) is 0 Å². The van der Waals surface area contributed by atoms with Crippen LogP contribution in [0.1, 0.15) is 87.9 Å². The van der Waals surface area contributed by atoms with Gasteiger partial charge in [-0.25, -0.2) is 9.97 Å². The fourth-order valence-electron chi connectivity index (χ4n) is 7.85. The van der Waals surface area contributed by atoms with Crippen LogP contribution in [0.4, 0.5) is 0 Å². The molecule has 0 aromatic carbocycles. The number of thiazole rings is 1. The van der Waals surface area contributed by atoms with Crippen molar-refractivity contribution in [3.8, 4) is 0 Å². The summed E-state index contributed by atoms with van der Waals surface area (Å²) in [6.45, 7) is 8.64. The highest BCUT2D eigenvalue weighted by atomic mass is 32.1. The van der Waals surface area contributed by atoms with Gasteiger partial charge in [0.05, 0.1) is 13.1 Å². The Hall–Kier alpha value is -1.28. The van der Waals surface area contributed by atoms with E-state index in [2.05, 4.69) is 35.0 Å². The van der Waals surface area contributed by atoms with Gasteiger partial charge in [0, 0.05) is 49.1 Å². The van der Waals surface area contributed by atoms with E-state index in [0.29, 0.717) is 11.5 Å². The van der Waals surface area contributed by atoms with Gasteiger partial charge in [-0.1, -0.05) is 19.3 Å². The van der Waals surface area contributed by atoms with Crippen LogP contribution in [-0.4, -0.2) is 74.5 Å². The largest absolute Gasteiger partial charge is 0.348 e. The second-order valence-corrected chi connectivity index (χ2v) is 13.3. The van der Waals surface area contributed by atoms with Crippen LogP contribution in [-0.2, 0) is 13.1 Å². The number of hydrogen-bond acceptors (Lipinski definition) is 6. The molecule has 1 spiro atoms. The standard InChI is InChI=1S/C29H46N6S/c1-2-4-25(5-3-1)34-17-11-29(12-18-34)10-16-33(23-29)20-24-6-8-26(9-7-24)35(21-27-30-13-14-31-27)22-28-32-15-19-36-28/h13-15,19,24-26H,1-12,16-18,20-23H2,(H,30,31). The van der Waals surface area contributed by atoms with Gasteiger partial charge >= 0.3 is 0 Å². The Kier molecular flexibility index (Phi) is 8.08. The van der Waals surface area contributed by atoms with Crippen molar-refractivity contribution in [1.82, 2.24) is 29.7 Å². The van der Waals surface area contributed by atoms with Crippen LogP contribution < -0.4 is 0 Å². The van der Waals surface area contributed by atoms with E-state index in [1.807, 2.05) is 18.6 Å². The van der Waals surface area contributed by atoms with Gasteiger partial charge in [-0.15, -0.1) is 11.3 Å². The van der Waals surface area contributed by atoms with E-state index in [1.54, 1.807) is 11.3 Å². The van der Waals surface area contributed by atoms with Crippen LogP contribution in [0.3, 0.4) is 0 Å². The summed E-state index contributed by atoms with van der Waals surface area (Å²) in [4.78, 5) is 20.8. The van der Waals surface area contributed by atoms with E-state index >= 15 is 0 Å². The summed E-state index contributed by atoms with van der Waals surface area (Å²) in [6.07, 6.45) is 22.8. The van der Waals surface area contributed by atoms with Crippen LogP contribution >= 0.6 is 11.3 Å². The third kappa shape index (κ3) is 6.06. The zero-order valence-electron chi connectivity index (χ0n) is 22.1. The number of nitrogens with zero attached hydrogens (tertiary/aromatic N) is 5. The summed E-state index contributed by atoms with van der Waals surface area (Å²) in [5.41, 5.74) is 0.635. The fourth-order valence-corrected chi connectivity index (χ4v) is 8.50. The van der Waals surface area contributed by atoms with Crippen molar-refractivity contribution in [1.29, 1.82) is 0 Å². The SMILES string of the molecule is c1c[nH]c(CN(Cc2nccs2)C2CCC(CN3CCC4(CCN(C5CCCCC5)CC4)C3)CC2)n1. The topological polar surface area (TPSA) is 51.3 Å². The van der Waals surface area contributed by atoms with Gasteiger partial charge < -0.3 is 14.8 Å². The van der Waals surface area contributed by atoms with Gasteiger partial charge in [-0.3, -0.25) is 4.90 Å². The lowest BCUT2D eigenvalue weighted by Crippen LogP contribution is -2.47. The maximum atomic E-state index is 4.57. The highest BCUT2D eigenvalue weighted by Gasteiger charge is 2.42. The average Bonchev–Trinajstić information content (AvgIpc) is 3.69. The molecule has 7 heteroatoms. The molecule has 36 heavy (non-hydrogen) atoms. The number of rotatable bonds is 8. The van der Waals surface area contributed by atoms with Crippen molar-refractivity contribution in [3.63, 3.8) is 0 Å². The Morgan fingerprint density at radius 3 is 2.44 bits per heavy atom. The molecule has 2 saturated heterocycles. The number of piperidine rings is 1. The van der Waals surface area contributed by atoms with E-state index in [4.69, 9.17) is 0 Å². The van der Waals surface area contributed by atoms with Gasteiger partial charge in [0.1, 0.15) is 10.8 Å². The van der Waals surface area contributed by atoms with Crippen molar-refractivity contribution in [3.05, 3.63) is 34.8 Å². The Balaban J connectivity index is 0.968. The number of H-pyrrole nitrogens is 1. The van der Waals surface area contributed by atoms with Crippen LogP contribution in [0.5, 0.6) is 0 Å². The molecule has 2 aliphatic heterocycles. The van der Waals surface area contributed by atoms with Crippen LogP contribution in [0, 0.1) is 11.3 Å². The first kappa shape index (κ1) is 25.0. The van der Waals surface area contributed by atoms with E-state index in [1.165, 1.54) is 115 Å². The molecule has 0 unspecified atom stereocenters. The molecule has 0 amide bonds. The summed E-state index contributed by atoms with van der Waals surface area (Å²) < 4.78 is 0. The average molecular weight is 511 g/mol. The van der Waals surface area contributed by atoms with E-state index in [-0.39, 0.29) is 0 Å². The summed E-state index contributed by atoms with van der Waals surface area (Å²) >= 11 is 1.78. The van der Waals surface area contributed by atoms with Crippen molar-refractivity contribution in [2.45, 2.75) is 102 Å². The monoisotopic (exact) mass is 510 g/mol. The van der Waals surface area contributed by atoms with Crippen molar-refractivity contribution < 1.29 is 0 Å². The van der Waals surface area contributed by atoms with E-state index in [9.17, 15) is 0 Å². The molecule has 6 rings (SSSR count). The summed E-state index contributed by atoms with van der Waals surface area (Å²) in [5.74, 6) is 1.95. The molecular weight excluding hydrogens is 464 g/mol. The summed E-state index contributed by atoms with van der Waals surface area (Å²) in [6, 6.07) is 1.55. The first-order valence-corrected chi connectivity index (χ1v) is 15.7. The maximum absolute atomic E-state index is 4.57. The molecule has 2 aliphatic carbocycles. The van der Waals surface area contributed by atoms with Crippen LogP contribution in [0.2, 0.25) is 0 Å². The minimum absolute atomic E-state index is 0.635. The number of nitrogens with one attached hydrogen (secondary N) is 1. The molecule has 4 fully saturated rings. The van der Waals surface area contributed by atoms with Crippen molar-refractivity contribution in [2.75, 3.05) is 32.7 Å². The van der Waals surface area contributed by atoms with Crippen molar-refractivity contribution >= 4 is 11.3 Å². The number of hydrogen-bond donors (Lipinski definition) is 1. The lowest BCUT2D eigenvalue weighted by Gasteiger charge is -2.44. The molecule has 2 aromatic rings. The third-order valence-corrected chi connectivity index (χ3v) is 10.8. The van der Waals surface area contributed by atoms with Crippen LogP contribution in [0.15, 0.2) is 24.0 Å². The lowest BCUT2D eigenvalue weighted by atomic mass is 9.77. The number of aromatic amines is 1. The first-order chi connectivity index (χ1) is 17.7. The Bertz CT molecular complexity index is 856. The Morgan fingerprint density at radius 2 is 1.72 bits per heavy atom. The molecule has 4 heterocycles. The third-order valence-electron chi connectivity index (χ3n) is 10.0. The second-order valence-electron chi connectivity index (χ2n) is 12.4. The Labute approximate surface area is 221 Å². The van der Waals surface area contributed by atoms with Gasteiger partial charge in [-0.2, -0.15) is 0 Å².